The molecule has 0 radical (unpaired) electrons. The Morgan fingerprint density at radius 2 is 2.12 bits per heavy atom. The van der Waals surface area contributed by atoms with Crippen molar-refractivity contribution in [3.63, 3.8) is 0 Å². The number of carbonyl (C=O) groups is 1. The molecule has 7 heteroatoms. The van der Waals surface area contributed by atoms with E-state index in [-0.39, 0.29) is 11.7 Å². The predicted octanol–water partition coefficient (Wildman–Crippen LogP) is 1.15. The molecule has 1 aromatic carbocycles. The molecule has 0 aliphatic heterocycles. The number of para-hydroxylation sites is 2. The third-order valence-corrected chi connectivity index (χ3v) is 1.80. The van der Waals surface area contributed by atoms with Crippen molar-refractivity contribution >= 4 is 17.7 Å². The summed E-state index contributed by atoms with van der Waals surface area (Å²) >= 11 is 0. The Bertz CT molecular complexity index is 482. The molecule has 0 atom stereocenters. The predicted molar refractivity (Wildman–Crippen MR) is 57.1 cm³/mol. The summed E-state index contributed by atoms with van der Waals surface area (Å²) in [5.41, 5.74) is 0.319. The fourth-order valence-corrected chi connectivity index (χ4v) is 1.11. The Labute approximate surface area is 90.5 Å². The minimum atomic E-state index is -0.516. The first-order valence-electron chi connectivity index (χ1n) is 4.47. The van der Waals surface area contributed by atoms with Gasteiger partial charge in [0.2, 0.25) is 5.95 Å². The van der Waals surface area contributed by atoms with Gasteiger partial charge in [-0.15, -0.1) is 0 Å². The average molecular weight is 219 g/mol. The maximum Gasteiger partial charge on any atom is 0.326 e. The van der Waals surface area contributed by atoms with E-state index in [1.807, 2.05) is 0 Å². The molecule has 16 heavy (non-hydrogen) atoms. The van der Waals surface area contributed by atoms with Gasteiger partial charge in [-0.2, -0.15) is 10.1 Å². The molecule has 2 amide bonds. The molecule has 0 fully saturated rings. The van der Waals surface area contributed by atoms with Gasteiger partial charge in [0.05, 0.1) is 5.69 Å². The summed E-state index contributed by atoms with van der Waals surface area (Å²) in [7, 11) is 0. The van der Waals surface area contributed by atoms with Gasteiger partial charge in [0, 0.05) is 0 Å². The van der Waals surface area contributed by atoms with E-state index in [4.69, 9.17) is 0 Å². The molecule has 1 heterocycles. The number of urea groups is 1. The standard InChI is InChI=1S/C9H9N5O2/c15-7-4-2-1-3-6(7)12-9(16)13-8-10-5-11-14-8/h1-5,15H,(H3,10,11,12,13,14,16). The molecular formula is C9H9N5O2. The molecule has 0 aliphatic carbocycles. The van der Waals surface area contributed by atoms with E-state index < -0.39 is 6.03 Å². The molecule has 7 nitrogen and oxygen atoms in total. The molecule has 0 unspecified atom stereocenters. The third kappa shape index (κ3) is 2.27. The largest absolute Gasteiger partial charge is 0.506 e. The highest BCUT2D eigenvalue weighted by atomic mass is 16.3. The molecule has 0 saturated heterocycles. The summed E-state index contributed by atoms with van der Waals surface area (Å²) in [5.74, 6) is 0.225. The zero-order chi connectivity index (χ0) is 11.4. The fourth-order valence-electron chi connectivity index (χ4n) is 1.11. The Balaban J connectivity index is 2.00. The highest BCUT2D eigenvalue weighted by Crippen LogP contribution is 2.21. The minimum absolute atomic E-state index is 0.00443. The zero-order valence-electron chi connectivity index (χ0n) is 8.14. The average Bonchev–Trinajstić information content (AvgIpc) is 2.74. The first-order valence-corrected chi connectivity index (χ1v) is 4.47. The Kier molecular flexibility index (Phi) is 2.68. The maximum absolute atomic E-state index is 11.4. The number of H-pyrrole nitrogens is 1. The van der Waals surface area contributed by atoms with Crippen LogP contribution in [0.3, 0.4) is 0 Å². The lowest BCUT2D eigenvalue weighted by Gasteiger charge is -2.06. The van der Waals surface area contributed by atoms with Crippen LogP contribution in [-0.4, -0.2) is 26.3 Å². The van der Waals surface area contributed by atoms with Crippen molar-refractivity contribution in [2.45, 2.75) is 0 Å². The Morgan fingerprint density at radius 3 is 2.81 bits per heavy atom. The van der Waals surface area contributed by atoms with Crippen molar-refractivity contribution in [3.8, 4) is 5.75 Å². The summed E-state index contributed by atoms with van der Waals surface area (Å²) in [6.45, 7) is 0. The van der Waals surface area contributed by atoms with Crippen LogP contribution in [0.4, 0.5) is 16.4 Å². The van der Waals surface area contributed by atoms with Gasteiger partial charge in [0.1, 0.15) is 12.1 Å². The van der Waals surface area contributed by atoms with Crippen LogP contribution in [-0.2, 0) is 0 Å². The number of hydrogen-bond donors (Lipinski definition) is 4. The first kappa shape index (κ1) is 9.97. The molecule has 0 bridgehead atoms. The monoisotopic (exact) mass is 219 g/mol. The van der Waals surface area contributed by atoms with Gasteiger partial charge in [-0.25, -0.2) is 9.89 Å². The maximum atomic E-state index is 11.4. The van der Waals surface area contributed by atoms with Crippen LogP contribution in [0.2, 0.25) is 0 Å². The molecular weight excluding hydrogens is 210 g/mol. The van der Waals surface area contributed by atoms with Crippen LogP contribution in [0.25, 0.3) is 0 Å². The van der Waals surface area contributed by atoms with Crippen LogP contribution in [0, 0.1) is 0 Å². The number of phenolic OH excluding ortho intramolecular Hbond substituents is 1. The van der Waals surface area contributed by atoms with Crippen LogP contribution in [0.1, 0.15) is 0 Å². The number of rotatable bonds is 2. The lowest BCUT2D eigenvalue weighted by Crippen LogP contribution is -2.20. The highest BCUT2D eigenvalue weighted by Gasteiger charge is 2.06. The van der Waals surface area contributed by atoms with E-state index in [0.717, 1.165) is 0 Å². The fraction of sp³-hybridized carbons (Fsp3) is 0. The normalized spacial score (nSPS) is 9.75. The van der Waals surface area contributed by atoms with Crippen LogP contribution in [0.15, 0.2) is 30.6 Å². The summed E-state index contributed by atoms with van der Waals surface area (Å²) < 4.78 is 0. The molecule has 0 saturated carbocycles. The van der Waals surface area contributed by atoms with Gasteiger partial charge in [-0.05, 0) is 12.1 Å². The number of aromatic amines is 1. The van der Waals surface area contributed by atoms with E-state index in [2.05, 4.69) is 25.8 Å². The second kappa shape index (κ2) is 4.30. The van der Waals surface area contributed by atoms with Crippen molar-refractivity contribution in [1.82, 2.24) is 15.2 Å². The first-order chi connectivity index (χ1) is 7.75. The van der Waals surface area contributed by atoms with E-state index in [1.165, 1.54) is 12.4 Å². The second-order valence-corrected chi connectivity index (χ2v) is 2.93. The molecule has 1 aromatic heterocycles. The molecule has 82 valence electrons. The summed E-state index contributed by atoms with van der Waals surface area (Å²) in [4.78, 5) is 15.1. The number of aromatic hydroxyl groups is 1. The molecule has 2 aromatic rings. The van der Waals surface area contributed by atoms with Gasteiger partial charge >= 0.3 is 6.03 Å². The Morgan fingerprint density at radius 1 is 1.31 bits per heavy atom. The summed E-state index contributed by atoms with van der Waals surface area (Å²) in [5, 5.41) is 20.3. The molecule has 0 spiro atoms. The lowest BCUT2D eigenvalue weighted by atomic mass is 10.3. The van der Waals surface area contributed by atoms with Gasteiger partial charge in [0.15, 0.2) is 0 Å². The smallest absolute Gasteiger partial charge is 0.326 e. The number of benzene rings is 1. The van der Waals surface area contributed by atoms with Crippen molar-refractivity contribution in [1.29, 1.82) is 0 Å². The van der Waals surface area contributed by atoms with Gasteiger partial charge in [-0.3, -0.25) is 5.32 Å². The summed E-state index contributed by atoms with van der Waals surface area (Å²) in [6.07, 6.45) is 1.27. The van der Waals surface area contributed by atoms with E-state index >= 15 is 0 Å². The van der Waals surface area contributed by atoms with E-state index in [1.54, 1.807) is 18.2 Å². The van der Waals surface area contributed by atoms with Gasteiger partial charge < -0.3 is 10.4 Å². The Hall–Kier alpha value is -2.57. The zero-order valence-corrected chi connectivity index (χ0v) is 8.14. The SMILES string of the molecule is O=C(Nc1ncn[nH]1)Nc1ccccc1O. The van der Waals surface area contributed by atoms with Crippen molar-refractivity contribution < 1.29 is 9.90 Å². The minimum Gasteiger partial charge on any atom is -0.506 e. The number of nitrogens with one attached hydrogen (secondary N) is 3. The van der Waals surface area contributed by atoms with E-state index in [9.17, 15) is 9.90 Å². The number of phenols is 1. The highest BCUT2D eigenvalue weighted by molar-refractivity contribution is 5.99. The molecule has 4 N–H and O–H groups in total. The van der Waals surface area contributed by atoms with Gasteiger partial charge in [0.25, 0.3) is 0 Å². The van der Waals surface area contributed by atoms with Crippen molar-refractivity contribution in [2.24, 2.45) is 0 Å². The van der Waals surface area contributed by atoms with Crippen LogP contribution >= 0.6 is 0 Å². The summed E-state index contributed by atoms with van der Waals surface area (Å²) in [6, 6.07) is 5.90. The van der Waals surface area contributed by atoms with Crippen molar-refractivity contribution in [3.05, 3.63) is 30.6 Å². The molecule has 0 aliphatic rings. The third-order valence-electron chi connectivity index (χ3n) is 1.80. The van der Waals surface area contributed by atoms with Crippen molar-refractivity contribution in [2.75, 3.05) is 10.6 Å². The van der Waals surface area contributed by atoms with E-state index in [0.29, 0.717) is 5.69 Å². The lowest BCUT2D eigenvalue weighted by molar-refractivity contribution is 0.262. The number of hydrogen-bond acceptors (Lipinski definition) is 4. The van der Waals surface area contributed by atoms with Gasteiger partial charge in [-0.1, -0.05) is 12.1 Å². The number of nitrogens with zero attached hydrogens (tertiary/aromatic N) is 2. The number of anilines is 2. The molecule has 2 rings (SSSR count). The topological polar surface area (TPSA) is 103 Å². The van der Waals surface area contributed by atoms with Crippen LogP contribution < -0.4 is 10.6 Å². The number of carbonyl (C=O) groups excluding carboxylic acids is 1. The van der Waals surface area contributed by atoms with Crippen LogP contribution in [0.5, 0.6) is 5.75 Å². The number of aromatic nitrogens is 3. The second-order valence-electron chi connectivity index (χ2n) is 2.93. The number of amides is 2. The quantitative estimate of drug-likeness (QED) is 0.569.